The van der Waals surface area contributed by atoms with Gasteiger partial charge in [-0.15, -0.1) is 10.2 Å². The summed E-state index contributed by atoms with van der Waals surface area (Å²) in [6.45, 7) is 0.303. The van der Waals surface area contributed by atoms with Gasteiger partial charge >= 0.3 is 6.09 Å². The Balaban J connectivity index is 1.19. The molecule has 0 saturated carbocycles. The van der Waals surface area contributed by atoms with E-state index in [0.29, 0.717) is 31.0 Å². The van der Waals surface area contributed by atoms with Gasteiger partial charge in [-0.2, -0.15) is 0 Å². The molecule has 1 aromatic heterocycles. The van der Waals surface area contributed by atoms with Gasteiger partial charge in [0.1, 0.15) is 12.2 Å². The third-order valence-electron chi connectivity index (χ3n) is 7.88. The van der Waals surface area contributed by atoms with Gasteiger partial charge in [-0.1, -0.05) is 48.5 Å². The van der Waals surface area contributed by atoms with Crippen molar-refractivity contribution in [3.8, 4) is 17.0 Å². The molecule has 7 heteroatoms. The van der Waals surface area contributed by atoms with E-state index in [4.69, 9.17) is 9.47 Å². The Kier molecular flexibility index (Phi) is 5.44. The maximum absolute atomic E-state index is 13.4. The van der Waals surface area contributed by atoms with E-state index in [1.54, 1.807) is 12.1 Å². The van der Waals surface area contributed by atoms with Crippen LogP contribution in [0.4, 0.5) is 4.79 Å². The Morgan fingerprint density at radius 3 is 2.17 bits per heavy atom. The minimum atomic E-state index is -1.12. The van der Waals surface area contributed by atoms with Crippen LogP contribution in [0.15, 0.2) is 60.7 Å². The zero-order valence-corrected chi connectivity index (χ0v) is 19.8. The molecule has 35 heavy (non-hydrogen) atoms. The van der Waals surface area contributed by atoms with Crippen molar-refractivity contribution < 1.29 is 19.4 Å². The third kappa shape index (κ3) is 3.74. The summed E-state index contributed by atoms with van der Waals surface area (Å²) < 4.78 is 11.1. The molecular formula is C28H29N3O4. The van der Waals surface area contributed by atoms with Gasteiger partial charge < -0.3 is 19.5 Å². The van der Waals surface area contributed by atoms with Gasteiger partial charge in [-0.25, -0.2) is 4.79 Å². The van der Waals surface area contributed by atoms with Crippen LogP contribution >= 0.6 is 0 Å². The fourth-order valence-corrected chi connectivity index (χ4v) is 6.28. The van der Waals surface area contributed by atoms with Gasteiger partial charge in [0.2, 0.25) is 5.88 Å². The number of ether oxygens (including phenoxy) is 2. The average molecular weight is 472 g/mol. The largest absolute Gasteiger partial charge is 0.480 e. The van der Waals surface area contributed by atoms with E-state index in [0.717, 1.165) is 19.3 Å². The topological polar surface area (TPSA) is 84.8 Å². The summed E-state index contributed by atoms with van der Waals surface area (Å²) in [6.07, 6.45) is 3.28. The molecule has 7 nitrogen and oxygen atoms in total. The molecule has 2 bridgehead atoms. The minimum Gasteiger partial charge on any atom is -0.480 e. The summed E-state index contributed by atoms with van der Waals surface area (Å²) in [5, 5.41) is 19.8. The maximum Gasteiger partial charge on any atom is 0.410 e. The SMILES string of the molecule is COc1ccc(C2(O)CC3CCCC(C2)N3C(=O)OCC2c3ccccc3-c3ccccc32)nn1. The first kappa shape index (κ1) is 22.0. The van der Waals surface area contributed by atoms with E-state index in [1.165, 1.54) is 29.4 Å². The molecule has 3 aliphatic rings. The summed E-state index contributed by atoms with van der Waals surface area (Å²) >= 11 is 0. The minimum absolute atomic E-state index is 0.0301. The molecule has 180 valence electrons. The lowest BCUT2D eigenvalue weighted by atomic mass is 9.74. The van der Waals surface area contributed by atoms with E-state index in [1.807, 2.05) is 29.2 Å². The smallest absolute Gasteiger partial charge is 0.410 e. The number of nitrogens with zero attached hydrogens (tertiary/aromatic N) is 3. The van der Waals surface area contributed by atoms with Crippen molar-refractivity contribution in [3.63, 3.8) is 0 Å². The molecule has 2 aliphatic heterocycles. The summed E-state index contributed by atoms with van der Waals surface area (Å²) in [6, 6.07) is 20.0. The van der Waals surface area contributed by atoms with Crippen LogP contribution < -0.4 is 4.74 Å². The highest BCUT2D eigenvalue weighted by molar-refractivity contribution is 5.79. The molecule has 2 unspecified atom stereocenters. The number of hydrogen-bond acceptors (Lipinski definition) is 6. The van der Waals surface area contributed by atoms with E-state index >= 15 is 0 Å². The van der Waals surface area contributed by atoms with Crippen LogP contribution in [0, 0.1) is 0 Å². The lowest BCUT2D eigenvalue weighted by molar-refractivity contribution is -0.0917. The zero-order chi connectivity index (χ0) is 24.0. The van der Waals surface area contributed by atoms with E-state index in [-0.39, 0.29) is 24.1 Å². The van der Waals surface area contributed by atoms with Gasteiger partial charge in [-0.3, -0.25) is 0 Å². The van der Waals surface area contributed by atoms with Crippen LogP contribution in [0.1, 0.15) is 54.8 Å². The van der Waals surface area contributed by atoms with Crippen LogP contribution in [0.3, 0.4) is 0 Å². The Labute approximate surface area is 204 Å². The van der Waals surface area contributed by atoms with E-state index in [2.05, 4.69) is 34.5 Å². The first-order valence-corrected chi connectivity index (χ1v) is 12.3. The second-order valence-electron chi connectivity index (χ2n) is 9.85. The summed E-state index contributed by atoms with van der Waals surface area (Å²) in [7, 11) is 1.54. The number of benzene rings is 2. The Morgan fingerprint density at radius 1 is 0.971 bits per heavy atom. The third-order valence-corrected chi connectivity index (χ3v) is 7.88. The van der Waals surface area contributed by atoms with Crippen LogP contribution in [-0.4, -0.2) is 52.1 Å². The molecule has 0 radical (unpaired) electrons. The van der Waals surface area contributed by atoms with Gasteiger partial charge in [0.05, 0.1) is 12.8 Å². The lowest BCUT2D eigenvalue weighted by Crippen LogP contribution is -2.59. The Morgan fingerprint density at radius 2 is 1.60 bits per heavy atom. The van der Waals surface area contributed by atoms with Crippen molar-refractivity contribution in [2.45, 2.75) is 55.7 Å². The normalized spacial score (nSPS) is 25.0. The standard InChI is InChI=1S/C28H29N3O4/c1-34-26-14-13-25(29-30-26)28(33)15-18-7-6-8-19(16-28)31(18)27(32)35-17-24-22-11-4-2-9-20(22)21-10-3-5-12-23(21)24/h2-5,9-14,18-19,24,33H,6-8,15-17H2,1H3. The zero-order valence-electron chi connectivity index (χ0n) is 19.8. The van der Waals surface area contributed by atoms with Gasteiger partial charge in [0, 0.05) is 36.9 Å². The van der Waals surface area contributed by atoms with E-state index in [9.17, 15) is 9.90 Å². The number of rotatable bonds is 4. The fourth-order valence-electron chi connectivity index (χ4n) is 6.28. The Bertz CT molecular complexity index is 1190. The molecule has 1 aliphatic carbocycles. The fraction of sp³-hybridized carbons (Fsp3) is 0.393. The monoisotopic (exact) mass is 471 g/mol. The molecule has 2 fully saturated rings. The van der Waals surface area contributed by atoms with Crippen molar-refractivity contribution >= 4 is 6.09 Å². The van der Waals surface area contributed by atoms with Crippen LogP contribution in [0.2, 0.25) is 0 Å². The number of methoxy groups -OCH3 is 1. The quantitative estimate of drug-likeness (QED) is 0.597. The van der Waals surface area contributed by atoms with Gasteiger partial charge in [0.15, 0.2) is 0 Å². The number of carbonyl (C=O) groups excluding carboxylic acids is 1. The second-order valence-corrected chi connectivity index (χ2v) is 9.85. The highest BCUT2D eigenvalue weighted by Gasteiger charge is 2.49. The van der Waals surface area contributed by atoms with Crippen molar-refractivity contribution in [1.29, 1.82) is 0 Å². The number of aromatic nitrogens is 2. The number of carbonyl (C=O) groups is 1. The summed E-state index contributed by atoms with van der Waals surface area (Å²) in [5.74, 6) is 0.441. The lowest BCUT2D eigenvalue weighted by Gasteiger charge is -2.50. The van der Waals surface area contributed by atoms with Gasteiger partial charge in [0.25, 0.3) is 0 Å². The molecule has 0 spiro atoms. The second kappa shape index (κ2) is 8.64. The van der Waals surface area contributed by atoms with Crippen LogP contribution in [0.5, 0.6) is 5.88 Å². The molecule has 2 aromatic carbocycles. The average Bonchev–Trinajstić information content (AvgIpc) is 3.20. The molecule has 3 heterocycles. The maximum atomic E-state index is 13.4. The highest BCUT2D eigenvalue weighted by Crippen LogP contribution is 2.46. The van der Waals surface area contributed by atoms with E-state index < -0.39 is 5.60 Å². The van der Waals surface area contributed by atoms with Crippen molar-refractivity contribution in [3.05, 3.63) is 77.5 Å². The molecule has 3 aromatic rings. The molecular weight excluding hydrogens is 442 g/mol. The summed E-state index contributed by atoms with van der Waals surface area (Å²) in [4.78, 5) is 15.3. The number of fused-ring (bicyclic) bond motifs is 5. The number of amides is 1. The van der Waals surface area contributed by atoms with Crippen LogP contribution in [0.25, 0.3) is 11.1 Å². The molecule has 1 N–H and O–H groups in total. The molecule has 2 atom stereocenters. The molecule has 1 amide bonds. The molecule has 2 saturated heterocycles. The van der Waals surface area contributed by atoms with Crippen molar-refractivity contribution in [1.82, 2.24) is 15.1 Å². The molecule has 6 rings (SSSR count). The first-order chi connectivity index (χ1) is 17.1. The van der Waals surface area contributed by atoms with Crippen molar-refractivity contribution in [2.24, 2.45) is 0 Å². The van der Waals surface area contributed by atoms with Gasteiger partial charge in [-0.05, 0) is 47.6 Å². The Hall–Kier alpha value is -3.45. The number of aliphatic hydroxyl groups is 1. The predicted octanol–water partition coefficient (Wildman–Crippen LogP) is 4.64. The first-order valence-electron chi connectivity index (χ1n) is 12.3. The van der Waals surface area contributed by atoms with Crippen LogP contribution in [-0.2, 0) is 10.3 Å². The number of hydrogen-bond donors (Lipinski definition) is 1. The predicted molar refractivity (Wildman–Crippen MR) is 130 cm³/mol. The number of piperidine rings is 2. The highest BCUT2D eigenvalue weighted by atomic mass is 16.6. The summed E-state index contributed by atoms with van der Waals surface area (Å²) in [5.41, 5.74) is 4.24. The van der Waals surface area contributed by atoms with Crippen molar-refractivity contribution in [2.75, 3.05) is 13.7 Å².